The van der Waals surface area contributed by atoms with E-state index in [0.717, 1.165) is 24.0 Å². The van der Waals surface area contributed by atoms with Crippen LogP contribution in [0, 0.1) is 12.8 Å². The zero-order valence-electron chi connectivity index (χ0n) is 12.4. The Morgan fingerprint density at radius 2 is 2.00 bits per heavy atom. The number of carbonyl (C=O) groups is 2. The van der Waals surface area contributed by atoms with Gasteiger partial charge in [0.15, 0.2) is 0 Å². The van der Waals surface area contributed by atoms with Crippen molar-refractivity contribution >= 4 is 11.9 Å². The number of nitrogens with zero attached hydrogens (tertiary/aromatic N) is 1. The normalized spacial score (nSPS) is 21.8. The lowest BCUT2D eigenvalue weighted by molar-refractivity contribution is -0.150. The molecule has 2 rings (SSSR count). The molecule has 114 valence electrons. The van der Waals surface area contributed by atoms with E-state index in [1.807, 2.05) is 31.2 Å². The van der Waals surface area contributed by atoms with E-state index in [-0.39, 0.29) is 24.5 Å². The van der Waals surface area contributed by atoms with Crippen LogP contribution in [0.1, 0.15) is 30.1 Å². The van der Waals surface area contributed by atoms with E-state index in [1.54, 1.807) is 0 Å². The minimum atomic E-state index is -1.01. The molecular formula is C16H21NO4. The molecule has 0 bridgehead atoms. The van der Waals surface area contributed by atoms with Crippen LogP contribution in [0.5, 0.6) is 0 Å². The topological polar surface area (TPSA) is 66.8 Å². The van der Waals surface area contributed by atoms with E-state index < -0.39 is 5.97 Å². The highest BCUT2D eigenvalue weighted by Gasteiger charge is 2.35. The fourth-order valence-electron chi connectivity index (χ4n) is 2.68. The third kappa shape index (κ3) is 3.82. The molecule has 1 aliphatic rings. The Balaban J connectivity index is 2.16. The van der Waals surface area contributed by atoms with Gasteiger partial charge in [0, 0.05) is 13.7 Å². The number of likely N-dealkylation sites (N-methyl/N-ethyl adjacent to an activating group) is 1. The minimum absolute atomic E-state index is 0.164. The molecule has 1 saturated heterocycles. The molecule has 0 saturated carbocycles. The number of carboxylic acid groups (broad SMARTS) is 1. The third-order valence-corrected chi connectivity index (χ3v) is 3.79. The quantitative estimate of drug-likeness (QED) is 0.921. The molecule has 5 nitrogen and oxygen atoms in total. The predicted molar refractivity (Wildman–Crippen MR) is 77.9 cm³/mol. The van der Waals surface area contributed by atoms with Gasteiger partial charge in [-0.25, -0.2) is 0 Å². The number of aliphatic carboxylic acids is 1. The lowest BCUT2D eigenvalue weighted by Gasteiger charge is -2.33. The van der Waals surface area contributed by atoms with Crippen LogP contribution in [0.25, 0.3) is 0 Å². The number of ether oxygens (including phenoxy) is 1. The van der Waals surface area contributed by atoms with Gasteiger partial charge in [-0.3, -0.25) is 9.59 Å². The Hall–Kier alpha value is -1.88. The molecule has 0 radical (unpaired) electrons. The number of aryl methyl sites for hydroxylation is 1. The Kier molecular flexibility index (Phi) is 4.96. The van der Waals surface area contributed by atoms with Crippen LogP contribution in [-0.2, 0) is 14.3 Å². The van der Waals surface area contributed by atoms with Crippen molar-refractivity contribution in [3.05, 3.63) is 35.4 Å². The molecule has 1 fully saturated rings. The Labute approximate surface area is 124 Å². The van der Waals surface area contributed by atoms with Gasteiger partial charge >= 0.3 is 5.97 Å². The first kappa shape index (κ1) is 15.5. The first-order valence-corrected chi connectivity index (χ1v) is 7.14. The van der Waals surface area contributed by atoms with Crippen molar-refractivity contribution < 1.29 is 19.4 Å². The van der Waals surface area contributed by atoms with Gasteiger partial charge < -0.3 is 14.7 Å². The lowest BCUT2D eigenvalue weighted by Crippen LogP contribution is -2.41. The highest BCUT2D eigenvalue weighted by atomic mass is 16.5. The summed E-state index contributed by atoms with van der Waals surface area (Å²) >= 11 is 0. The molecule has 1 heterocycles. The summed E-state index contributed by atoms with van der Waals surface area (Å²) in [5, 5.41) is 8.82. The maximum Gasteiger partial charge on any atom is 0.323 e. The van der Waals surface area contributed by atoms with E-state index in [2.05, 4.69) is 0 Å². The predicted octanol–water partition coefficient (Wildman–Crippen LogP) is 2.01. The van der Waals surface area contributed by atoms with E-state index >= 15 is 0 Å². The largest absolute Gasteiger partial charge is 0.480 e. The number of hydrogen-bond donors (Lipinski definition) is 1. The first-order valence-electron chi connectivity index (χ1n) is 7.14. The van der Waals surface area contributed by atoms with Crippen molar-refractivity contribution in [3.8, 4) is 0 Å². The molecule has 0 spiro atoms. The van der Waals surface area contributed by atoms with Gasteiger partial charge in [0.05, 0.1) is 12.0 Å². The number of rotatable bonds is 4. The summed E-state index contributed by atoms with van der Waals surface area (Å²) in [6.45, 7) is 2.36. The summed E-state index contributed by atoms with van der Waals surface area (Å²) in [6.07, 6.45) is 1.25. The summed E-state index contributed by atoms with van der Waals surface area (Å²) in [4.78, 5) is 24.5. The highest BCUT2D eigenvalue weighted by Crippen LogP contribution is 2.34. The van der Waals surface area contributed by atoms with Gasteiger partial charge in [0.25, 0.3) is 0 Å². The number of carboxylic acids is 1. The average Bonchev–Trinajstić information content (AvgIpc) is 2.46. The molecule has 21 heavy (non-hydrogen) atoms. The smallest absolute Gasteiger partial charge is 0.323 e. The second-order valence-corrected chi connectivity index (χ2v) is 5.54. The van der Waals surface area contributed by atoms with Crippen molar-refractivity contribution in [2.75, 3.05) is 20.2 Å². The van der Waals surface area contributed by atoms with E-state index in [0.29, 0.717) is 6.61 Å². The van der Waals surface area contributed by atoms with Crippen LogP contribution in [0.2, 0.25) is 0 Å². The summed E-state index contributed by atoms with van der Waals surface area (Å²) in [5.74, 6) is -1.48. The van der Waals surface area contributed by atoms with Crippen LogP contribution < -0.4 is 0 Å². The lowest BCUT2D eigenvalue weighted by atomic mass is 9.88. The maximum absolute atomic E-state index is 12.5. The zero-order valence-corrected chi connectivity index (χ0v) is 12.4. The van der Waals surface area contributed by atoms with Crippen molar-refractivity contribution in [1.82, 2.24) is 4.90 Å². The SMILES string of the molecule is Cc1ccc([C@H]2OCCC[C@@H]2C(=O)N(C)CC(=O)O)cc1. The van der Waals surface area contributed by atoms with Gasteiger partial charge in [-0.2, -0.15) is 0 Å². The molecule has 0 aliphatic carbocycles. The standard InChI is InChI=1S/C16H21NO4/c1-11-5-7-12(8-6-11)15-13(4-3-9-21-15)16(20)17(2)10-14(18)19/h5-8,13,15H,3-4,9-10H2,1-2H3,(H,18,19)/t13-,15+/m0/s1. The molecule has 1 N–H and O–H groups in total. The molecule has 0 unspecified atom stereocenters. The number of benzene rings is 1. The van der Waals surface area contributed by atoms with E-state index in [4.69, 9.17) is 9.84 Å². The summed E-state index contributed by atoms with van der Waals surface area (Å²) in [7, 11) is 1.53. The fourth-order valence-corrected chi connectivity index (χ4v) is 2.68. The van der Waals surface area contributed by atoms with Crippen molar-refractivity contribution in [1.29, 1.82) is 0 Å². The van der Waals surface area contributed by atoms with Gasteiger partial charge in [-0.1, -0.05) is 29.8 Å². The van der Waals surface area contributed by atoms with E-state index in [1.165, 1.54) is 11.9 Å². The van der Waals surface area contributed by atoms with Crippen molar-refractivity contribution in [3.63, 3.8) is 0 Å². The number of amides is 1. The van der Waals surface area contributed by atoms with Crippen LogP contribution in [0.4, 0.5) is 0 Å². The van der Waals surface area contributed by atoms with E-state index in [9.17, 15) is 9.59 Å². The summed E-state index contributed by atoms with van der Waals surface area (Å²) in [6, 6.07) is 7.94. The summed E-state index contributed by atoms with van der Waals surface area (Å²) < 4.78 is 5.80. The third-order valence-electron chi connectivity index (χ3n) is 3.79. The average molecular weight is 291 g/mol. The van der Waals surface area contributed by atoms with Crippen LogP contribution in [0.15, 0.2) is 24.3 Å². The second kappa shape index (κ2) is 6.72. The summed E-state index contributed by atoms with van der Waals surface area (Å²) in [5.41, 5.74) is 2.13. The van der Waals surface area contributed by atoms with Crippen LogP contribution in [-0.4, -0.2) is 42.1 Å². The highest BCUT2D eigenvalue weighted by molar-refractivity contribution is 5.83. The first-order chi connectivity index (χ1) is 9.99. The second-order valence-electron chi connectivity index (χ2n) is 5.54. The van der Waals surface area contributed by atoms with Crippen LogP contribution in [0.3, 0.4) is 0 Å². The Bertz CT molecular complexity index is 512. The molecule has 1 aromatic rings. The number of carbonyl (C=O) groups excluding carboxylic acids is 1. The fraction of sp³-hybridized carbons (Fsp3) is 0.500. The van der Waals surface area contributed by atoms with Gasteiger partial charge in [-0.05, 0) is 25.3 Å². The van der Waals surface area contributed by atoms with Gasteiger partial charge in [0.1, 0.15) is 6.54 Å². The Morgan fingerprint density at radius 3 is 2.62 bits per heavy atom. The molecule has 1 amide bonds. The zero-order chi connectivity index (χ0) is 15.4. The minimum Gasteiger partial charge on any atom is -0.480 e. The van der Waals surface area contributed by atoms with Gasteiger partial charge in [-0.15, -0.1) is 0 Å². The molecule has 1 aliphatic heterocycles. The molecule has 1 aromatic carbocycles. The molecular weight excluding hydrogens is 270 g/mol. The monoisotopic (exact) mass is 291 g/mol. The van der Waals surface area contributed by atoms with Gasteiger partial charge in [0.2, 0.25) is 5.91 Å². The van der Waals surface area contributed by atoms with Crippen LogP contribution >= 0.6 is 0 Å². The maximum atomic E-state index is 12.5. The molecule has 0 aromatic heterocycles. The Morgan fingerprint density at radius 1 is 1.33 bits per heavy atom. The van der Waals surface area contributed by atoms with Crippen molar-refractivity contribution in [2.45, 2.75) is 25.9 Å². The molecule has 5 heteroatoms. The molecule has 2 atom stereocenters. The number of hydrogen-bond acceptors (Lipinski definition) is 3. The van der Waals surface area contributed by atoms with Crippen molar-refractivity contribution in [2.24, 2.45) is 5.92 Å².